The number of amides is 1. The lowest BCUT2D eigenvalue weighted by atomic mass is 9.83. The van der Waals surface area contributed by atoms with E-state index in [2.05, 4.69) is 21.2 Å². The molecule has 0 radical (unpaired) electrons. The van der Waals surface area contributed by atoms with Gasteiger partial charge in [-0.15, -0.1) is 0 Å². The smallest absolute Gasteiger partial charge is 0.306 e. The van der Waals surface area contributed by atoms with Gasteiger partial charge in [-0.25, -0.2) is 4.99 Å². The van der Waals surface area contributed by atoms with E-state index in [0.717, 1.165) is 15.6 Å². The predicted molar refractivity (Wildman–Crippen MR) is 182 cm³/mol. The first-order chi connectivity index (χ1) is 22.5. The number of methoxy groups -OCH3 is 2. The highest BCUT2D eigenvalue weighted by molar-refractivity contribution is 9.10. The maximum Gasteiger partial charge on any atom is 0.306 e. The summed E-state index contributed by atoms with van der Waals surface area (Å²) < 4.78 is 29.4. The summed E-state index contributed by atoms with van der Waals surface area (Å²) in [5.74, 6) is 1.31. The van der Waals surface area contributed by atoms with E-state index in [1.807, 2.05) is 54.6 Å². The molecule has 0 aliphatic carbocycles. The maximum absolute atomic E-state index is 14.4. The van der Waals surface area contributed by atoms with Gasteiger partial charge in [-0.05, 0) is 81.6 Å². The number of aliphatic imine (C=N–C) groups is 1. The van der Waals surface area contributed by atoms with Crippen molar-refractivity contribution in [3.05, 3.63) is 87.9 Å². The van der Waals surface area contributed by atoms with Crippen molar-refractivity contribution in [2.75, 3.05) is 34.0 Å². The van der Waals surface area contributed by atoms with Gasteiger partial charge in [0.05, 0.1) is 20.8 Å². The monoisotopic (exact) mass is 710 g/mol. The molecule has 0 fully saturated rings. The number of benzene rings is 3. The van der Waals surface area contributed by atoms with Gasteiger partial charge in [-0.3, -0.25) is 9.59 Å². The standard InChI is InChI=1S/C36H43BrN2O8/c1-35(2,3)47-31(41)17-19-36(34(42)38-20-18-24-11-16-29(43-4)30(23-24)44-5)32(27-9-6-7-10-28(27)37)46-33(39-36)25-12-14-26(15-13-25)45-22-8-21-40/h6-7,9-16,23,32,40H,8,17-22H2,1-5H3,(H,38,42)/t32-,36-/m1/s1. The topological polar surface area (TPSA) is 125 Å². The molecule has 3 aromatic carbocycles. The van der Waals surface area contributed by atoms with Crippen molar-refractivity contribution in [1.82, 2.24) is 5.32 Å². The number of aliphatic hydroxyl groups excluding tert-OH is 1. The van der Waals surface area contributed by atoms with E-state index >= 15 is 0 Å². The molecule has 2 N–H and O–H groups in total. The van der Waals surface area contributed by atoms with Crippen LogP contribution in [0.1, 0.15) is 62.8 Å². The zero-order chi connectivity index (χ0) is 34.0. The molecule has 0 saturated heterocycles. The molecule has 0 saturated carbocycles. The van der Waals surface area contributed by atoms with E-state index in [9.17, 15) is 9.59 Å². The van der Waals surface area contributed by atoms with E-state index < -0.39 is 23.2 Å². The van der Waals surface area contributed by atoms with Gasteiger partial charge in [0, 0.05) is 41.6 Å². The van der Waals surface area contributed by atoms with Gasteiger partial charge in [0.2, 0.25) is 5.90 Å². The van der Waals surface area contributed by atoms with Crippen LogP contribution in [0.5, 0.6) is 17.2 Å². The molecule has 252 valence electrons. The number of rotatable bonds is 15. The number of halogens is 1. The summed E-state index contributed by atoms with van der Waals surface area (Å²) in [6, 6.07) is 20.3. The van der Waals surface area contributed by atoms with Crippen LogP contribution in [0.2, 0.25) is 0 Å². The summed E-state index contributed by atoms with van der Waals surface area (Å²) in [5.41, 5.74) is 0.129. The number of nitrogens with one attached hydrogen (secondary N) is 1. The van der Waals surface area contributed by atoms with Crippen molar-refractivity contribution in [2.24, 2.45) is 4.99 Å². The molecule has 10 nitrogen and oxygen atoms in total. The molecule has 0 unspecified atom stereocenters. The van der Waals surface area contributed by atoms with Crippen LogP contribution in [-0.4, -0.2) is 68.0 Å². The first-order valence-corrected chi connectivity index (χ1v) is 16.3. The van der Waals surface area contributed by atoms with Crippen LogP contribution >= 0.6 is 15.9 Å². The largest absolute Gasteiger partial charge is 0.494 e. The molecule has 2 atom stereocenters. The average Bonchev–Trinajstić information content (AvgIpc) is 3.44. The van der Waals surface area contributed by atoms with Crippen LogP contribution in [-0.2, 0) is 25.5 Å². The van der Waals surface area contributed by atoms with Crippen LogP contribution in [0, 0.1) is 0 Å². The SMILES string of the molecule is COc1ccc(CCNC(=O)[C@]2(CCC(=O)OC(C)(C)C)N=C(c3ccc(OCCCO)cc3)O[C@@H]2c2ccccc2Br)cc1OC. The summed E-state index contributed by atoms with van der Waals surface area (Å²) in [6.07, 6.45) is 0.175. The molecule has 0 spiro atoms. The lowest BCUT2D eigenvalue weighted by molar-refractivity contribution is -0.155. The van der Waals surface area contributed by atoms with E-state index in [-0.39, 0.29) is 31.3 Å². The Hall–Kier alpha value is -4.09. The number of carbonyl (C=O) groups is 2. The molecule has 1 aliphatic heterocycles. The normalized spacial score (nSPS) is 17.3. The third-order valence-electron chi connectivity index (χ3n) is 7.50. The highest BCUT2D eigenvalue weighted by Crippen LogP contribution is 2.45. The van der Waals surface area contributed by atoms with E-state index in [1.54, 1.807) is 47.1 Å². The predicted octanol–water partition coefficient (Wildman–Crippen LogP) is 5.97. The number of hydrogen-bond donors (Lipinski definition) is 2. The Morgan fingerprint density at radius 3 is 2.40 bits per heavy atom. The summed E-state index contributed by atoms with van der Waals surface area (Å²) in [4.78, 5) is 32.4. The second-order valence-corrected chi connectivity index (χ2v) is 12.9. The third-order valence-corrected chi connectivity index (χ3v) is 8.22. The van der Waals surface area contributed by atoms with Crippen molar-refractivity contribution < 1.29 is 38.4 Å². The van der Waals surface area contributed by atoms with E-state index in [0.29, 0.717) is 48.8 Å². The van der Waals surface area contributed by atoms with Crippen LogP contribution in [0.15, 0.2) is 76.2 Å². The number of nitrogens with zero attached hydrogens (tertiary/aromatic N) is 1. The minimum Gasteiger partial charge on any atom is -0.494 e. The molecule has 1 aliphatic rings. The highest BCUT2D eigenvalue weighted by Gasteiger charge is 2.53. The number of ether oxygens (including phenoxy) is 5. The zero-order valence-electron chi connectivity index (χ0n) is 27.5. The van der Waals surface area contributed by atoms with Gasteiger partial charge >= 0.3 is 5.97 Å². The Labute approximate surface area is 284 Å². The Morgan fingerprint density at radius 1 is 1.02 bits per heavy atom. The summed E-state index contributed by atoms with van der Waals surface area (Å²) in [7, 11) is 3.16. The van der Waals surface area contributed by atoms with Crippen LogP contribution < -0.4 is 19.5 Å². The minimum absolute atomic E-state index is 0.0426. The van der Waals surface area contributed by atoms with Crippen molar-refractivity contribution >= 4 is 33.7 Å². The third kappa shape index (κ3) is 9.26. The molecule has 0 bridgehead atoms. The Morgan fingerprint density at radius 2 is 1.74 bits per heavy atom. The molecule has 1 amide bonds. The lowest BCUT2D eigenvalue weighted by Crippen LogP contribution is -2.49. The first kappa shape index (κ1) is 35.8. The molecule has 4 rings (SSSR count). The van der Waals surface area contributed by atoms with Gasteiger partial charge in [-0.2, -0.15) is 0 Å². The van der Waals surface area contributed by atoms with Crippen LogP contribution in [0.3, 0.4) is 0 Å². The molecular weight excluding hydrogens is 668 g/mol. The Balaban J connectivity index is 1.68. The highest BCUT2D eigenvalue weighted by atomic mass is 79.9. The Kier molecular flexibility index (Phi) is 12.3. The van der Waals surface area contributed by atoms with Gasteiger partial charge in [0.15, 0.2) is 23.1 Å². The second kappa shape index (κ2) is 16.1. The Bertz CT molecular complexity index is 1550. The van der Waals surface area contributed by atoms with E-state index in [1.165, 1.54) is 0 Å². The minimum atomic E-state index is -1.50. The van der Waals surface area contributed by atoms with Crippen molar-refractivity contribution in [1.29, 1.82) is 0 Å². The van der Waals surface area contributed by atoms with Gasteiger partial charge in [0.1, 0.15) is 11.4 Å². The van der Waals surface area contributed by atoms with Crippen LogP contribution in [0.25, 0.3) is 0 Å². The van der Waals surface area contributed by atoms with Crippen molar-refractivity contribution in [2.45, 2.75) is 63.7 Å². The maximum atomic E-state index is 14.4. The summed E-state index contributed by atoms with van der Waals surface area (Å²) >= 11 is 3.64. The van der Waals surface area contributed by atoms with Crippen LogP contribution in [0.4, 0.5) is 0 Å². The fraction of sp³-hybridized carbons (Fsp3) is 0.417. The van der Waals surface area contributed by atoms with E-state index in [4.69, 9.17) is 33.8 Å². The van der Waals surface area contributed by atoms with Crippen molar-refractivity contribution in [3.63, 3.8) is 0 Å². The number of carbonyl (C=O) groups excluding carboxylic acids is 2. The molecule has 11 heteroatoms. The fourth-order valence-corrected chi connectivity index (χ4v) is 5.72. The zero-order valence-corrected chi connectivity index (χ0v) is 29.1. The number of esters is 1. The second-order valence-electron chi connectivity index (χ2n) is 12.1. The first-order valence-electron chi connectivity index (χ1n) is 15.6. The van der Waals surface area contributed by atoms with Gasteiger partial charge < -0.3 is 34.1 Å². The molecule has 3 aromatic rings. The number of hydrogen-bond acceptors (Lipinski definition) is 9. The van der Waals surface area contributed by atoms with Gasteiger partial charge in [-0.1, -0.05) is 40.2 Å². The van der Waals surface area contributed by atoms with Crippen molar-refractivity contribution in [3.8, 4) is 17.2 Å². The molecular formula is C36H43BrN2O8. The summed E-state index contributed by atoms with van der Waals surface area (Å²) in [5, 5.41) is 12.1. The molecule has 0 aromatic heterocycles. The number of aliphatic hydroxyl groups is 1. The quantitative estimate of drug-likeness (QED) is 0.146. The summed E-state index contributed by atoms with van der Waals surface area (Å²) in [6.45, 7) is 6.14. The van der Waals surface area contributed by atoms with Gasteiger partial charge in [0.25, 0.3) is 5.91 Å². The average molecular weight is 712 g/mol. The fourth-order valence-electron chi connectivity index (χ4n) is 5.23. The molecule has 1 heterocycles. The lowest BCUT2D eigenvalue weighted by Gasteiger charge is -2.31. The molecule has 47 heavy (non-hydrogen) atoms.